The molecular weight excluding hydrogens is 284 g/mol. The molecule has 0 radical (unpaired) electrons. The number of fused-ring (bicyclic) bond motifs is 1. The Morgan fingerprint density at radius 3 is 2.86 bits per heavy atom. The van der Waals surface area contributed by atoms with E-state index in [1.54, 1.807) is 25.6 Å². The van der Waals surface area contributed by atoms with E-state index in [-0.39, 0.29) is 11.7 Å². The molecule has 3 rings (SSSR count). The number of hydrogen-bond acceptors (Lipinski definition) is 4. The van der Waals surface area contributed by atoms with Gasteiger partial charge >= 0.3 is 0 Å². The monoisotopic (exact) mass is 302 g/mol. The molecule has 0 saturated heterocycles. The second-order valence-corrected chi connectivity index (χ2v) is 6.15. The number of hydrogen-bond donors (Lipinski definition) is 0. The number of thiophene rings is 1. The Labute approximate surface area is 128 Å². The highest BCUT2D eigenvalue weighted by Gasteiger charge is 2.30. The zero-order valence-electron chi connectivity index (χ0n) is 12.2. The summed E-state index contributed by atoms with van der Waals surface area (Å²) in [6.07, 6.45) is 3.06. The molecule has 110 valence electrons. The predicted molar refractivity (Wildman–Crippen MR) is 83.9 cm³/mol. The summed E-state index contributed by atoms with van der Waals surface area (Å²) in [5.41, 5.74) is 1.81. The lowest BCUT2D eigenvalue weighted by Gasteiger charge is -2.22. The SMILES string of the molecule is COc1cccc(C(=O)C2CCCc3sccc32)c1OC. The molecule has 1 heterocycles. The molecular formula is C17H18O3S. The van der Waals surface area contributed by atoms with Crippen LogP contribution >= 0.6 is 11.3 Å². The number of para-hydroxylation sites is 1. The highest BCUT2D eigenvalue weighted by molar-refractivity contribution is 7.10. The first kappa shape index (κ1) is 14.1. The van der Waals surface area contributed by atoms with Crippen molar-refractivity contribution in [3.8, 4) is 11.5 Å². The van der Waals surface area contributed by atoms with Gasteiger partial charge in [-0.05, 0) is 48.4 Å². The fraction of sp³-hybridized carbons (Fsp3) is 0.353. The Morgan fingerprint density at radius 1 is 1.24 bits per heavy atom. The van der Waals surface area contributed by atoms with Crippen molar-refractivity contribution >= 4 is 17.1 Å². The quantitative estimate of drug-likeness (QED) is 0.799. The predicted octanol–water partition coefficient (Wildman–Crippen LogP) is 4.07. The maximum Gasteiger partial charge on any atom is 0.174 e. The second kappa shape index (κ2) is 5.90. The van der Waals surface area contributed by atoms with Crippen LogP contribution in [0.3, 0.4) is 0 Å². The molecule has 0 amide bonds. The molecule has 0 N–H and O–H groups in total. The molecule has 0 saturated carbocycles. The summed E-state index contributed by atoms with van der Waals surface area (Å²) < 4.78 is 10.7. The molecule has 0 aliphatic heterocycles. The number of aryl methyl sites for hydroxylation is 1. The maximum absolute atomic E-state index is 13.0. The van der Waals surface area contributed by atoms with Gasteiger partial charge < -0.3 is 9.47 Å². The Morgan fingerprint density at radius 2 is 2.10 bits per heavy atom. The zero-order chi connectivity index (χ0) is 14.8. The van der Waals surface area contributed by atoms with Crippen LogP contribution < -0.4 is 9.47 Å². The van der Waals surface area contributed by atoms with Crippen LogP contribution in [0.5, 0.6) is 11.5 Å². The normalized spacial score (nSPS) is 17.1. The summed E-state index contributed by atoms with van der Waals surface area (Å²) in [7, 11) is 3.16. The van der Waals surface area contributed by atoms with Crippen LogP contribution in [-0.2, 0) is 6.42 Å². The van der Waals surface area contributed by atoms with Crippen LogP contribution in [0, 0.1) is 0 Å². The Kier molecular flexibility index (Phi) is 3.97. The summed E-state index contributed by atoms with van der Waals surface area (Å²) in [5, 5.41) is 2.08. The van der Waals surface area contributed by atoms with E-state index >= 15 is 0 Å². The molecule has 1 atom stereocenters. The average molecular weight is 302 g/mol. The summed E-state index contributed by atoms with van der Waals surface area (Å²) in [4.78, 5) is 14.3. The van der Waals surface area contributed by atoms with Crippen molar-refractivity contribution in [1.82, 2.24) is 0 Å². The van der Waals surface area contributed by atoms with E-state index in [2.05, 4.69) is 11.4 Å². The minimum Gasteiger partial charge on any atom is -0.493 e. The fourth-order valence-electron chi connectivity index (χ4n) is 3.03. The molecule has 0 fully saturated rings. The lowest BCUT2D eigenvalue weighted by molar-refractivity contribution is 0.0947. The van der Waals surface area contributed by atoms with Gasteiger partial charge in [-0.25, -0.2) is 0 Å². The number of rotatable bonds is 4. The summed E-state index contributed by atoms with van der Waals surface area (Å²) in [6, 6.07) is 7.57. The van der Waals surface area contributed by atoms with Crippen molar-refractivity contribution in [2.75, 3.05) is 14.2 Å². The summed E-state index contributed by atoms with van der Waals surface area (Å²) in [6.45, 7) is 0. The molecule has 21 heavy (non-hydrogen) atoms. The average Bonchev–Trinajstić information content (AvgIpc) is 3.01. The minimum absolute atomic E-state index is 0.0546. The molecule has 3 nitrogen and oxygen atoms in total. The van der Waals surface area contributed by atoms with E-state index in [4.69, 9.17) is 9.47 Å². The lowest BCUT2D eigenvalue weighted by Crippen LogP contribution is -2.18. The van der Waals surface area contributed by atoms with Gasteiger partial charge in [0.25, 0.3) is 0 Å². The van der Waals surface area contributed by atoms with E-state index < -0.39 is 0 Å². The van der Waals surface area contributed by atoms with E-state index in [0.717, 1.165) is 19.3 Å². The standard InChI is InChI=1S/C17H18O3S/c1-19-14-7-3-6-13(17(14)20-2)16(18)12-5-4-8-15-11(12)9-10-21-15/h3,6-7,9-10,12H,4-5,8H2,1-2H3. The van der Waals surface area contributed by atoms with Crippen LogP contribution in [0.25, 0.3) is 0 Å². The van der Waals surface area contributed by atoms with Gasteiger partial charge in [0.15, 0.2) is 17.3 Å². The molecule has 0 spiro atoms. The number of Topliss-reactive ketones (excluding diaryl/α,β-unsaturated/α-hetero) is 1. The highest BCUT2D eigenvalue weighted by Crippen LogP contribution is 2.40. The summed E-state index contributed by atoms with van der Waals surface area (Å²) >= 11 is 1.75. The molecule has 0 bridgehead atoms. The number of ether oxygens (including phenoxy) is 2. The number of methoxy groups -OCH3 is 2. The first-order valence-corrected chi connectivity index (χ1v) is 7.95. The minimum atomic E-state index is -0.0546. The molecule has 1 aromatic carbocycles. The number of carbonyl (C=O) groups is 1. The third-order valence-corrected chi connectivity index (χ3v) is 5.03. The van der Waals surface area contributed by atoms with E-state index in [1.807, 2.05) is 18.2 Å². The Bertz CT molecular complexity index is 660. The van der Waals surface area contributed by atoms with E-state index in [0.29, 0.717) is 17.1 Å². The first-order chi connectivity index (χ1) is 10.3. The molecule has 4 heteroatoms. The molecule has 2 aromatic rings. The van der Waals surface area contributed by atoms with Gasteiger partial charge in [0.2, 0.25) is 0 Å². The maximum atomic E-state index is 13.0. The van der Waals surface area contributed by atoms with Crippen molar-refractivity contribution in [3.05, 3.63) is 45.6 Å². The van der Waals surface area contributed by atoms with Crippen LogP contribution in [0.2, 0.25) is 0 Å². The van der Waals surface area contributed by atoms with Crippen molar-refractivity contribution in [2.45, 2.75) is 25.2 Å². The molecule has 1 aromatic heterocycles. The van der Waals surface area contributed by atoms with Crippen molar-refractivity contribution in [1.29, 1.82) is 0 Å². The van der Waals surface area contributed by atoms with Crippen LogP contribution in [0.1, 0.15) is 39.6 Å². The topological polar surface area (TPSA) is 35.5 Å². The smallest absolute Gasteiger partial charge is 0.174 e. The Hall–Kier alpha value is -1.81. The fourth-order valence-corrected chi connectivity index (χ4v) is 4.02. The van der Waals surface area contributed by atoms with Gasteiger partial charge in [0.1, 0.15) is 0 Å². The van der Waals surface area contributed by atoms with Crippen LogP contribution in [-0.4, -0.2) is 20.0 Å². The zero-order valence-corrected chi connectivity index (χ0v) is 13.0. The largest absolute Gasteiger partial charge is 0.493 e. The Balaban J connectivity index is 2.01. The number of benzene rings is 1. The molecule has 1 aliphatic carbocycles. The first-order valence-electron chi connectivity index (χ1n) is 7.07. The van der Waals surface area contributed by atoms with Gasteiger partial charge in [-0.3, -0.25) is 4.79 Å². The van der Waals surface area contributed by atoms with Gasteiger partial charge in [-0.15, -0.1) is 11.3 Å². The second-order valence-electron chi connectivity index (χ2n) is 5.15. The van der Waals surface area contributed by atoms with E-state index in [1.165, 1.54) is 10.4 Å². The van der Waals surface area contributed by atoms with Gasteiger partial charge in [0.05, 0.1) is 19.8 Å². The van der Waals surface area contributed by atoms with Gasteiger partial charge in [-0.1, -0.05) is 6.07 Å². The number of ketones is 1. The highest BCUT2D eigenvalue weighted by atomic mass is 32.1. The number of carbonyl (C=O) groups excluding carboxylic acids is 1. The lowest BCUT2D eigenvalue weighted by atomic mass is 9.82. The van der Waals surface area contributed by atoms with E-state index in [9.17, 15) is 4.79 Å². The third kappa shape index (κ3) is 2.44. The van der Waals surface area contributed by atoms with Crippen molar-refractivity contribution < 1.29 is 14.3 Å². The van der Waals surface area contributed by atoms with Crippen molar-refractivity contribution in [3.63, 3.8) is 0 Å². The summed E-state index contributed by atoms with van der Waals surface area (Å²) in [5.74, 6) is 1.21. The van der Waals surface area contributed by atoms with Gasteiger partial charge in [-0.2, -0.15) is 0 Å². The van der Waals surface area contributed by atoms with Gasteiger partial charge in [0, 0.05) is 10.8 Å². The third-order valence-electron chi connectivity index (χ3n) is 4.04. The van der Waals surface area contributed by atoms with Crippen LogP contribution in [0.15, 0.2) is 29.6 Å². The van der Waals surface area contributed by atoms with Crippen molar-refractivity contribution in [2.24, 2.45) is 0 Å². The van der Waals surface area contributed by atoms with Crippen LogP contribution in [0.4, 0.5) is 0 Å². The molecule has 1 unspecified atom stereocenters. The molecule has 1 aliphatic rings.